The molecule has 0 atom stereocenters. The largest absolute Gasteiger partial charge is 0.493 e. The van der Waals surface area contributed by atoms with Crippen LogP contribution in [0, 0.1) is 0 Å². The van der Waals surface area contributed by atoms with Gasteiger partial charge in [-0.2, -0.15) is 26.3 Å². The van der Waals surface area contributed by atoms with Crippen molar-refractivity contribution in [3.05, 3.63) is 79.8 Å². The minimum Gasteiger partial charge on any atom is -0.493 e. The van der Waals surface area contributed by atoms with E-state index in [1.54, 1.807) is 12.1 Å². The van der Waals surface area contributed by atoms with Gasteiger partial charge in [-0.05, 0) is 47.4 Å². The van der Waals surface area contributed by atoms with E-state index in [4.69, 9.17) is 4.74 Å². The SMILES string of the molecule is O=c1[nH]c(O)c(C(=CCCN2CCOCC2)c2cccc(-c3cc(C(F)(F)F)cc(C(F)(F)F)c3)c2)s1. The second-order valence-corrected chi connectivity index (χ2v) is 9.41. The minimum absolute atomic E-state index is 0.0830. The number of aromatic nitrogens is 1. The van der Waals surface area contributed by atoms with Crippen molar-refractivity contribution in [1.82, 2.24) is 9.88 Å². The molecule has 4 rings (SSSR count). The van der Waals surface area contributed by atoms with Gasteiger partial charge in [-0.1, -0.05) is 35.6 Å². The molecule has 198 valence electrons. The highest BCUT2D eigenvalue weighted by molar-refractivity contribution is 7.10. The van der Waals surface area contributed by atoms with Crippen LogP contribution in [0.4, 0.5) is 26.3 Å². The monoisotopic (exact) mass is 544 g/mol. The van der Waals surface area contributed by atoms with E-state index >= 15 is 0 Å². The lowest BCUT2D eigenvalue weighted by Crippen LogP contribution is -2.36. The van der Waals surface area contributed by atoms with E-state index in [-0.39, 0.29) is 28.0 Å². The van der Waals surface area contributed by atoms with Crippen molar-refractivity contribution in [2.24, 2.45) is 0 Å². The molecule has 1 saturated heterocycles. The number of rotatable bonds is 6. The van der Waals surface area contributed by atoms with Crippen molar-refractivity contribution in [3.63, 3.8) is 0 Å². The number of aromatic hydroxyl groups is 1. The molecule has 0 radical (unpaired) electrons. The van der Waals surface area contributed by atoms with Gasteiger partial charge in [0.05, 0.1) is 29.2 Å². The van der Waals surface area contributed by atoms with Gasteiger partial charge in [-0.3, -0.25) is 14.7 Å². The zero-order valence-corrected chi connectivity index (χ0v) is 20.1. The van der Waals surface area contributed by atoms with E-state index in [1.165, 1.54) is 18.2 Å². The van der Waals surface area contributed by atoms with Gasteiger partial charge in [-0.15, -0.1) is 0 Å². The number of nitrogens with one attached hydrogen (secondary N) is 1. The minimum atomic E-state index is -4.97. The summed E-state index contributed by atoms with van der Waals surface area (Å²) in [6.45, 7) is 3.37. The molecule has 0 amide bonds. The third-order valence-electron chi connectivity index (χ3n) is 5.87. The number of nitrogens with zero attached hydrogens (tertiary/aromatic N) is 1. The van der Waals surface area contributed by atoms with Gasteiger partial charge in [0.1, 0.15) is 0 Å². The Hall–Kier alpha value is -3.09. The van der Waals surface area contributed by atoms with Crippen molar-refractivity contribution in [3.8, 4) is 17.0 Å². The van der Waals surface area contributed by atoms with Gasteiger partial charge in [0.15, 0.2) is 0 Å². The van der Waals surface area contributed by atoms with Crippen LogP contribution >= 0.6 is 11.3 Å². The highest BCUT2D eigenvalue weighted by Crippen LogP contribution is 2.40. The standard InChI is InChI=1S/C25H22F6N2O3S/c26-24(27,28)18-12-17(13-19(14-18)25(29,30)31)15-3-1-4-16(11-15)20(21-22(34)32-23(35)37-21)5-2-6-33-7-9-36-10-8-33/h1,3-5,11-14,34H,2,6-10H2,(H,32,35). The van der Waals surface area contributed by atoms with E-state index in [1.807, 2.05) is 0 Å². The molecule has 0 aliphatic carbocycles. The van der Waals surface area contributed by atoms with Crippen LogP contribution in [0.5, 0.6) is 5.88 Å². The first-order chi connectivity index (χ1) is 17.4. The number of aromatic amines is 1. The number of halogens is 6. The van der Waals surface area contributed by atoms with Crippen molar-refractivity contribution in [2.45, 2.75) is 18.8 Å². The number of hydrogen-bond donors (Lipinski definition) is 2. The average molecular weight is 545 g/mol. The number of H-pyrrole nitrogens is 1. The van der Waals surface area contributed by atoms with Gasteiger partial charge < -0.3 is 9.84 Å². The first kappa shape index (κ1) is 27.0. The Morgan fingerprint density at radius 3 is 2.22 bits per heavy atom. The Kier molecular flexibility index (Phi) is 7.81. The van der Waals surface area contributed by atoms with Crippen LogP contribution in [-0.2, 0) is 17.1 Å². The topological polar surface area (TPSA) is 65.6 Å². The first-order valence-electron chi connectivity index (χ1n) is 11.2. The van der Waals surface area contributed by atoms with E-state index in [0.717, 1.165) is 24.4 Å². The molecule has 2 N–H and O–H groups in total. The highest BCUT2D eigenvalue weighted by Gasteiger charge is 2.37. The second-order valence-electron chi connectivity index (χ2n) is 8.43. The summed E-state index contributed by atoms with van der Waals surface area (Å²) >= 11 is 0.756. The van der Waals surface area contributed by atoms with Crippen LogP contribution in [0.25, 0.3) is 16.7 Å². The number of morpholine rings is 1. The molecule has 0 bridgehead atoms. The van der Waals surface area contributed by atoms with Gasteiger partial charge in [0.25, 0.3) is 0 Å². The fraction of sp³-hybridized carbons (Fsp3) is 0.320. The fourth-order valence-electron chi connectivity index (χ4n) is 4.05. The van der Waals surface area contributed by atoms with Gasteiger partial charge >= 0.3 is 17.2 Å². The van der Waals surface area contributed by atoms with E-state index in [0.29, 0.717) is 49.4 Å². The molecular formula is C25H22F6N2O3S. The summed E-state index contributed by atoms with van der Waals surface area (Å²) in [7, 11) is 0. The predicted octanol–water partition coefficient (Wildman–Crippen LogP) is 6.00. The van der Waals surface area contributed by atoms with Crippen LogP contribution in [0.3, 0.4) is 0 Å². The Balaban J connectivity index is 1.75. The lowest BCUT2D eigenvalue weighted by Gasteiger charge is -2.26. The molecule has 1 fully saturated rings. The number of thiazole rings is 1. The molecule has 0 unspecified atom stereocenters. The van der Waals surface area contributed by atoms with Crippen LogP contribution in [0.15, 0.2) is 53.3 Å². The summed E-state index contributed by atoms with van der Waals surface area (Å²) in [5.74, 6) is -0.364. The van der Waals surface area contributed by atoms with Crippen molar-refractivity contribution in [1.29, 1.82) is 0 Å². The number of hydrogen-bond acceptors (Lipinski definition) is 5. The summed E-state index contributed by atoms with van der Waals surface area (Å²) in [6, 6.07) is 7.39. The van der Waals surface area contributed by atoms with Gasteiger partial charge in [0, 0.05) is 25.2 Å². The van der Waals surface area contributed by atoms with Crippen LogP contribution < -0.4 is 4.87 Å². The normalized spacial score (nSPS) is 15.8. The molecule has 0 saturated carbocycles. The highest BCUT2D eigenvalue weighted by atomic mass is 32.1. The number of benzene rings is 2. The first-order valence-corrected chi connectivity index (χ1v) is 12.1. The van der Waals surface area contributed by atoms with E-state index in [9.17, 15) is 36.2 Å². The molecule has 5 nitrogen and oxygen atoms in total. The summed E-state index contributed by atoms with van der Waals surface area (Å²) in [6.07, 6.45) is -7.63. The summed E-state index contributed by atoms with van der Waals surface area (Å²) in [5.41, 5.74) is -2.09. The van der Waals surface area contributed by atoms with Crippen molar-refractivity contribution in [2.75, 3.05) is 32.8 Å². The molecule has 2 aromatic carbocycles. The van der Waals surface area contributed by atoms with Crippen LogP contribution in [0.1, 0.15) is 28.0 Å². The summed E-state index contributed by atoms with van der Waals surface area (Å²) in [4.78, 5) is 16.0. The molecule has 1 aromatic heterocycles. The second kappa shape index (κ2) is 10.7. The predicted molar refractivity (Wildman–Crippen MR) is 127 cm³/mol. The molecule has 0 spiro atoms. The molecular weight excluding hydrogens is 522 g/mol. The van der Waals surface area contributed by atoms with Crippen molar-refractivity contribution < 1.29 is 36.2 Å². The van der Waals surface area contributed by atoms with Gasteiger partial charge in [-0.25, -0.2) is 0 Å². The summed E-state index contributed by atoms with van der Waals surface area (Å²) < 4.78 is 85.6. The third-order valence-corrected chi connectivity index (χ3v) is 6.77. The summed E-state index contributed by atoms with van der Waals surface area (Å²) in [5, 5.41) is 10.3. The van der Waals surface area contributed by atoms with E-state index in [2.05, 4.69) is 9.88 Å². The van der Waals surface area contributed by atoms with Crippen molar-refractivity contribution >= 4 is 16.9 Å². The molecule has 12 heteroatoms. The molecule has 37 heavy (non-hydrogen) atoms. The van der Waals surface area contributed by atoms with Crippen LogP contribution in [-0.4, -0.2) is 47.8 Å². The maximum atomic E-state index is 13.4. The lowest BCUT2D eigenvalue weighted by molar-refractivity contribution is -0.143. The zero-order valence-electron chi connectivity index (χ0n) is 19.2. The maximum Gasteiger partial charge on any atom is 0.416 e. The number of ether oxygens (including phenoxy) is 1. The molecule has 2 heterocycles. The Labute approximate surface area is 211 Å². The number of alkyl halides is 6. The van der Waals surface area contributed by atoms with E-state index < -0.39 is 28.4 Å². The fourth-order valence-corrected chi connectivity index (χ4v) is 4.84. The van der Waals surface area contributed by atoms with Crippen LogP contribution in [0.2, 0.25) is 0 Å². The molecule has 1 aliphatic heterocycles. The third kappa shape index (κ3) is 6.62. The Morgan fingerprint density at radius 1 is 1.00 bits per heavy atom. The maximum absolute atomic E-state index is 13.4. The average Bonchev–Trinajstić information content (AvgIpc) is 3.18. The molecule has 1 aliphatic rings. The Bertz CT molecular complexity index is 1300. The zero-order chi connectivity index (χ0) is 26.8. The molecule has 3 aromatic rings. The Morgan fingerprint density at radius 2 is 1.65 bits per heavy atom. The quantitative estimate of drug-likeness (QED) is 0.374. The van der Waals surface area contributed by atoms with Gasteiger partial charge in [0.2, 0.25) is 5.88 Å². The smallest absolute Gasteiger partial charge is 0.416 e. The lowest BCUT2D eigenvalue weighted by atomic mass is 9.95.